The summed E-state index contributed by atoms with van der Waals surface area (Å²) in [5.41, 5.74) is 15.2. The van der Waals surface area contributed by atoms with E-state index in [4.69, 9.17) is 0 Å². The van der Waals surface area contributed by atoms with E-state index in [9.17, 15) is 0 Å². The van der Waals surface area contributed by atoms with Gasteiger partial charge in [-0.25, -0.2) is 0 Å². The van der Waals surface area contributed by atoms with Gasteiger partial charge in [-0.1, -0.05) is 182 Å². The zero-order valence-electron chi connectivity index (χ0n) is 29.3. The van der Waals surface area contributed by atoms with E-state index in [1.54, 1.807) is 0 Å². The molecule has 0 atom stereocenters. The molecule has 9 rings (SSSR count). The molecule has 9 aromatic rings. The quantitative estimate of drug-likeness (QED) is 0.155. The van der Waals surface area contributed by atoms with Crippen LogP contribution in [0.2, 0.25) is 0 Å². The number of rotatable bonds is 8. The number of hydrogen-bond acceptors (Lipinski definition) is 1. The molecule has 0 amide bonds. The molecular weight excluding hydrogens is 639 g/mol. The lowest BCUT2D eigenvalue weighted by Crippen LogP contribution is -2.11. The maximum atomic E-state index is 2.40. The van der Waals surface area contributed by atoms with Crippen LogP contribution in [0.4, 0.5) is 17.1 Å². The maximum absolute atomic E-state index is 2.40. The van der Waals surface area contributed by atoms with Gasteiger partial charge in [0, 0.05) is 16.9 Å². The van der Waals surface area contributed by atoms with Gasteiger partial charge in [0.2, 0.25) is 0 Å². The number of benzene rings is 9. The average molecular weight is 676 g/mol. The van der Waals surface area contributed by atoms with Crippen LogP contribution in [0.5, 0.6) is 0 Å². The lowest BCUT2D eigenvalue weighted by Gasteiger charge is -2.29. The van der Waals surface area contributed by atoms with E-state index in [1.165, 1.54) is 60.8 Å². The molecule has 0 aliphatic heterocycles. The molecule has 1 nitrogen and oxygen atoms in total. The van der Waals surface area contributed by atoms with Crippen molar-refractivity contribution in [2.24, 2.45) is 0 Å². The summed E-state index contributed by atoms with van der Waals surface area (Å²) in [5, 5.41) is 2.48. The monoisotopic (exact) mass is 675 g/mol. The summed E-state index contributed by atoms with van der Waals surface area (Å²) in [7, 11) is 0. The van der Waals surface area contributed by atoms with Crippen molar-refractivity contribution in [2.75, 3.05) is 4.90 Å². The lowest BCUT2D eigenvalue weighted by atomic mass is 9.86. The van der Waals surface area contributed by atoms with Crippen molar-refractivity contribution in [1.82, 2.24) is 0 Å². The molecule has 9 aromatic carbocycles. The molecule has 0 spiro atoms. The highest BCUT2D eigenvalue weighted by atomic mass is 15.1. The molecule has 0 saturated carbocycles. The molecular formula is C52H37N. The van der Waals surface area contributed by atoms with E-state index in [-0.39, 0.29) is 0 Å². The van der Waals surface area contributed by atoms with Crippen LogP contribution < -0.4 is 4.90 Å². The lowest BCUT2D eigenvalue weighted by molar-refractivity contribution is 1.28. The first-order valence-electron chi connectivity index (χ1n) is 18.2. The topological polar surface area (TPSA) is 3.24 Å². The smallest absolute Gasteiger partial charge is 0.0540 e. The summed E-state index contributed by atoms with van der Waals surface area (Å²) in [6.45, 7) is 0. The van der Waals surface area contributed by atoms with Crippen LogP contribution in [0.15, 0.2) is 224 Å². The molecule has 0 heterocycles. The van der Waals surface area contributed by atoms with Crippen LogP contribution in [0.25, 0.3) is 66.4 Å². The highest BCUT2D eigenvalue weighted by Crippen LogP contribution is 2.46. The van der Waals surface area contributed by atoms with E-state index in [0.29, 0.717) is 0 Å². The second-order valence-electron chi connectivity index (χ2n) is 13.3. The van der Waals surface area contributed by atoms with Crippen LogP contribution in [-0.2, 0) is 0 Å². The Morgan fingerprint density at radius 2 is 0.736 bits per heavy atom. The number of hydrogen-bond donors (Lipinski definition) is 0. The molecule has 0 aliphatic rings. The first-order chi connectivity index (χ1) is 26.3. The van der Waals surface area contributed by atoms with Crippen LogP contribution in [0.3, 0.4) is 0 Å². The van der Waals surface area contributed by atoms with Crippen LogP contribution in [-0.4, -0.2) is 0 Å². The minimum atomic E-state index is 1.10. The number of fused-ring (bicyclic) bond motifs is 1. The SMILES string of the molecule is c1ccc(-c2ccc(-c3ccccc3-c3ccccc3)c(-c3ccccc3N(c3ccccc3)c3cccc(-c4ccc5ccccc5c4)c3)c2)cc1. The highest BCUT2D eigenvalue weighted by Gasteiger charge is 2.21. The van der Waals surface area contributed by atoms with Crippen LogP contribution in [0.1, 0.15) is 0 Å². The Kier molecular flexibility index (Phi) is 8.66. The predicted octanol–water partition coefficient (Wildman–Crippen LogP) is 14.6. The van der Waals surface area contributed by atoms with Gasteiger partial charge >= 0.3 is 0 Å². The van der Waals surface area contributed by atoms with Gasteiger partial charge in [-0.2, -0.15) is 0 Å². The average Bonchev–Trinajstić information content (AvgIpc) is 3.25. The molecule has 0 N–H and O–H groups in total. The summed E-state index contributed by atoms with van der Waals surface area (Å²) in [5.74, 6) is 0. The van der Waals surface area contributed by atoms with Crippen molar-refractivity contribution < 1.29 is 0 Å². The highest BCUT2D eigenvalue weighted by molar-refractivity contribution is 5.99. The Morgan fingerprint density at radius 1 is 0.226 bits per heavy atom. The second kappa shape index (κ2) is 14.3. The fourth-order valence-corrected chi connectivity index (χ4v) is 7.49. The van der Waals surface area contributed by atoms with Crippen molar-refractivity contribution >= 4 is 27.8 Å². The van der Waals surface area contributed by atoms with Crippen molar-refractivity contribution in [3.63, 3.8) is 0 Å². The molecule has 250 valence electrons. The first kappa shape index (κ1) is 32.0. The molecule has 0 bridgehead atoms. The Bertz CT molecular complexity index is 2660. The standard InChI is InChI=1S/C52H37N/c1-4-17-38(18-5-1)44-33-34-49(48-28-13-12-27-47(48)40-20-6-2-7-21-40)51(37-44)50-29-14-15-30-52(50)53(45-24-8-3-9-25-45)46-26-16-23-42(36-46)43-32-31-39-19-10-11-22-41(39)35-43/h1-37H. The molecule has 0 aliphatic carbocycles. The molecule has 0 radical (unpaired) electrons. The summed E-state index contributed by atoms with van der Waals surface area (Å²) >= 11 is 0. The van der Waals surface area contributed by atoms with Crippen molar-refractivity contribution in [3.8, 4) is 55.6 Å². The number of nitrogens with zero attached hydrogens (tertiary/aromatic N) is 1. The van der Waals surface area contributed by atoms with E-state index in [0.717, 1.165) is 22.6 Å². The largest absolute Gasteiger partial charge is 0.310 e. The molecule has 0 unspecified atom stereocenters. The Morgan fingerprint density at radius 3 is 1.51 bits per heavy atom. The first-order valence-corrected chi connectivity index (χ1v) is 18.2. The molecule has 0 saturated heterocycles. The normalized spacial score (nSPS) is 11.0. The van der Waals surface area contributed by atoms with Gasteiger partial charge in [-0.3, -0.25) is 0 Å². The molecule has 0 fully saturated rings. The fourth-order valence-electron chi connectivity index (χ4n) is 7.49. The van der Waals surface area contributed by atoms with Gasteiger partial charge in [0.1, 0.15) is 0 Å². The molecule has 0 aromatic heterocycles. The van der Waals surface area contributed by atoms with Gasteiger partial charge < -0.3 is 4.90 Å². The van der Waals surface area contributed by atoms with Gasteiger partial charge in [0.05, 0.1) is 5.69 Å². The van der Waals surface area contributed by atoms with E-state index in [1.807, 2.05) is 0 Å². The zero-order valence-corrected chi connectivity index (χ0v) is 29.3. The summed E-state index contributed by atoms with van der Waals surface area (Å²) in [4.78, 5) is 2.40. The third kappa shape index (κ3) is 6.42. The Hall–Kier alpha value is -6.96. The predicted molar refractivity (Wildman–Crippen MR) is 226 cm³/mol. The third-order valence-electron chi connectivity index (χ3n) is 10.1. The van der Waals surface area contributed by atoms with Gasteiger partial charge in [-0.05, 0) is 103 Å². The van der Waals surface area contributed by atoms with Crippen molar-refractivity contribution in [1.29, 1.82) is 0 Å². The van der Waals surface area contributed by atoms with Gasteiger partial charge in [-0.15, -0.1) is 0 Å². The van der Waals surface area contributed by atoms with Gasteiger partial charge in [0.15, 0.2) is 0 Å². The maximum Gasteiger partial charge on any atom is 0.0540 e. The zero-order chi connectivity index (χ0) is 35.4. The van der Waals surface area contributed by atoms with Crippen molar-refractivity contribution in [2.45, 2.75) is 0 Å². The minimum Gasteiger partial charge on any atom is -0.310 e. The fraction of sp³-hybridized carbons (Fsp3) is 0. The van der Waals surface area contributed by atoms with Crippen LogP contribution >= 0.6 is 0 Å². The molecule has 53 heavy (non-hydrogen) atoms. The summed E-state index contributed by atoms with van der Waals surface area (Å²) in [6.07, 6.45) is 0. The Balaban J connectivity index is 1.26. The number of para-hydroxylation sites is 2. The Labute approximate surface area is 311 Å². The van der Waals surface area contributed by atoms with E-state index >= 15 is 0 Å². The second-order valence-corrected chi connectivity index (χ2v) is 13.3. The number of anilines is 3. The van der Waals surface area contributed by atoms with E-state index < -0.39 is 0 Å². The van der Waals surface area contributed by atoms with Crippen LogP contribution in [0, 0.1) is 0 Å². The summed E-state index contributed by atoms with van der Waals surface area (Å²) < 4.78 is 0. The van der Waals surface area contributed by atoms with Gasteiger partial charge in [0.25, 0.3) is 0 Å². The summed E-state index contributed by atoms with van der Waals surface area (Å²) in [6, 6.07) is 80.9. The minimum absolute atomic E-state index is 1.10. The third-order valence-corrected chi connectivity index (χ3v) is 10.1. The van der Waals surface area contributed by atoms with Crippen molar-refractivity contribution in [3.05, 3.63) is 224 Å². The molecule has 1 heteroatoms. The van der Waals surface area contributed by atoms with E-state index in [2.05, 4.69) is 229 Å².